The van der Waals surface area contributed by atoms with Crippen molar-refractivity contribution >= 4 is 11.5 Å². The largest absolute Gasteiger partial charge is 0.454 e. The van der Waals surface area contributed by atoms with Crippen LogP contribution in [0.2, 0.25) is 0 Å². The molecule has 1 aliphatic rings. The van der Waals surface area contributed by atoms with Gasteiger partial charge in [-0.1, -0.05) is 36.4 Å². The van der Waals surface area contributed by atoms with E-state index in [9.17, 15) is 9.90 Å². The lowest BCUT2D eigenvalue weighted by Gasteiger charge is -2.07. The molecule has 2 aromatic rings. The number of carbonyl (C=O) groups is 1. The van der Waals surface area contributed by atoms with Crippen molar-refractivity contribution in [2.24, 2.45) is 0 Å². The summed E-state index contributed by atoms with van der Waals surface area (Å²) in [5.74, 6) is 0.488. The number of rotatable bonds is 4. The van der Waals surface area contributed by atoms with Crippen LogP contribution < -0.4 is 9.47 Å². The molecule has 1 heterocycles. The number of aliphatic hydroxyl groups is 1. The summed E-state index contributed by atoms with van der Waals surface area (Å²) in [6.07, 6.45) is -1.37. The van der Waals surface area contributed by atoms with Gasteiger partial charge in [0.2, 0.25) is 6.79 Å². The van der Waals surface area contributed by atoms with Crippen LogP contribution >= 0.6 is 0 Å². The Morgan fingerprint density at radius 3 is 2.59 bits per heavy atom. The molecule has 1 atom stereocenters. The SMILES string of the molecule is [N-]=[N+]=C(C(=O)c1ccccc1)C(O)c1ccc2c(c1)OCO2. The number of ketones is 1. The number of benzene rings is 2. The predicted octanol–water partition coefficient (Wildman–Crippen LogP) is 2.00. The highest BCUT2D eigenvalue weighted by Gasteiger charge is 2.32. The second-order valence-electron chi connectivity index (χ2n) is 4.70. The lowest BCUT2D eigenvalue weighted by Crippen LogP contribution is -2.23. The van der Waals surface area contributed by atoms with Crippen LogP contribution in [0.15, 0.2) is 48.5 Å². The first-order valence-corrected chi connectivity index (χ1v) is 6.60. The van der Waals surface area contributed by atoms with Gasteiger partial charge in [0.1, 0.15) is 0 Å². The number of hydrogen-bond donors (Lipinski definition) is 1. The number of ether oxygens (including phenoxy) is 2. The monoisotopic (exact) mass is 296 g/mol. The van der Waals surface area contributed by atoms with Crippen molar-refractivity contribution in [3.05, 3.63) is 65.2 Å². The molecule has 0 spiro atoms. The molecule has 0 saturated heterocycles. The summed E-state index contributed by atoms with van der Waals surface area (Å²) in [7, 11) is 0. The minimum Gasteiger partial charge on any atom is -0.454 e. The molecule has 0 aromatic heterocycles. The Morgan fingerprint density at radius 1 is 1.14 bits per heavy atom. The van der Waals surface area contributed by atoms with Crippen molar-refractivity contribution in [3.63, 3.8) is 0 Å². The van der Waals surface area contributed by atoms with Crippen LogP contribution in [0.25, 0.3) is 5.53 Å². The van der Waals surface area contributed by atoms with Crippen LogP contribution in [-0.2, 0) is 0 Å². The fourth-order valence-electron chi connectivity index (χ4n) is 2.20. The Morgan fingerprint density at radius 2 is 1.86 bits per heavy atom. The molecule has 22 heavy (non-hydrogen) atoms. The molecule has 0 saturated carbocycles. The second-order valence-corrected chi connectivity index (χ2v) is 4.70. The zero-order valence-corrected chi connectivity index (χ0v) is 11.5. The zero-order valence-electron chi connectivity index (χ0n) is 11.5. The zero-order chi connectivity index (χ0) is 15.5. The topological polar surface area (TPSA) is 92.2 Å². The van der Waals surface area contributed by atoms with Gasteiger partial charge >= 0.3 is 5.71 Å². The maximum absolute atomic E-state index is 12.3. The molecule has 6 nitrogen and oxygen atoms in total. The number of aliphatic hydroxyl groups excluding tert-OH is 1. The van der Waals surface area contributed by atoms with E-state index in [1.54, 1.807) is 48.5 Å². The van der Waals surface area contributed by atoms with Crippen molar-refractivity contribution in [2.75, 3.05) is 6.79 Å². The maximum atomic E-state index is 12.3. The fraction of sp³-hybridized carbons (Fsp3) is 0.125. The van der Waals surface area contributed by atoms with Crippen LogP contribution in [0.5, 0.6) is 11.5 Å². The smallest absolute Gasteiger partial charge is 0.371 e. The summed E-state index contributed by atoms with van der Waals surface area (Å²) >= 11 is 0. The normalized spacial score (nSPS) is 13.3. The van der Waals surface area contributed by atoms with E-state index < -0.39 is 11.9 Å². The second kappa shape index (κ2) is 5.81. The van der Waals surface area contributed by atoms with Gasteiger partial charge in [0.15, 0.2) is 17.6 Å². The van der Waals surface area contributed by atoms with Gasteiger partial charge in [-0.25, -0.2) is 0 Å². The van der Waals surface area contributed by atoms with E-state index in [1.165, 1.54) is 0 Å². The van der Waals surface area contributed by atoms with Crippen molar-refractivity contribution in [1.29, 1.82) is 0 Å². The molecule has 1 unspecified atom stereocenters. The van der Waals surface area contributed by atoms with E-state index in [1.807, 2.05) is 0 Å². The predicted molar refractivity (Wildman–Crippen MR) is 76.9 cm³/mol. The summed E-state index contributed by atoms with van der Waals surface area (Å²) in [6.45, 7) is 0.110. The quantitative estimate of drug-likeness (QED) is 0.404. The summed E-state index contributed by atoms with van der Waals surface area (Å²) < 4.78 is 10.4. The Hall–Kier alpha value is -2.95. The lowest BCUT2D eigenvalue weighted by molar-refractivity contribution is -0.0213. The van der Waals surface area contributed by atoms with Gasteiger partial charge in [0, 0.05) is 5.56 Å². The molecule has 3 rings (SSSR count). The van der Waals surface area contributed by atoms with Crippen molar-refractivity contribution in [2.45, 2.75) is 6.10 Å². The Bertz CT molecular complexity index is 767. The van der Waals surface area contributed by atoms with Gasteiger partial charge in [-0.3, -0.25) is 4.79 Å². The molecule has 110 valence electrons. The summed E-state index contributed by atoms with van der Waals surface area (Å²) in [4.78, 5) is 15.3. The number of fused-ring (bicyclic) bond motifs is 1. The Labute approximate surface area is 126 Å². The maximum Gasteiger partial charge on any atom is 0.371 e. The first-order chi connectivity index (χ1) is 10.7. The van der Waals surface area contributed by atoms with E-state index >= 15 is 0 Å². The minimum absolute atomic E-state index is 0.110. The molecule has 1 N–H and O–H groups in total. The highest BCUT2D eigenvalue weighted by Crippen LogP contribution is 2.34. The molecule has 2 aromatic carbocycles. The molecule has 0 aliphatic carbocycles. The van der Waals surface area contributed by atoms with Crippen LogP contribution in [0.1, 0.15) is 22.0 Å². The molecule has 0 bridgehead atoms. The van der Waals surface area contributed by atoms with Crippen LogP contribution in [-0.4, -0.2) is 28.2 Å². The molecular weight excluding hydrogens is 284 g/mol. The Kier molecular flexibility index (Phi) is 3.70. The minimum atomic E-state index is -1.37. The summed E-state index contributed by atoms with van der Waals surface area (Å²) in [5, 5.41) is 10.3. The molecule has 0 fully saturated rings. The highest BCUT2D eigenvalue weighted by atomic mass is 16.7. The fourth-order valence-corrected chi connectivity index (χ4v) is 2.20. The number of Topliss-reactive ketones (excluding diaryl/α,β-unsaturated/α-hetero) is 1. The van der Waals surface area contributed by atoms with E-state index in [0.29, 0.717) is 22.6 Å². The van der Waals surface area contributed by atoms with E-state index in [-0.39, 0.29) is 12.5 Å². The van der Waals surface area contributed by atoms with Crippen molar-refractivity contribution in [1.82, 2.24) is 0 Å². The van der Waals surface area contributed by atoms with Crippen LogP contribution in [0.4, 0.5) is 0 Å². The van der Waals surface area contributed by atoms with Gasteiger partial charge in [0.25, 0.3) is 5.78 Å². The van der Waals surface area contributed by atoms with Gasteiger partial charge in [-0.05, 0) is 17.7 Å². The third kappa shape index (κ3) is 2.48. The highest BCUT2D eigenvalue weighted by molar-refractivity contribution is 6.45. The standard InChI is InChI=1S/C16H12N2O4/c17-18-14(15(19)10-4-2-1-3-5-10)16(20)11-6-7-12-13(8-11)22-9-21-12/h1-8,16,20H,9H2. The van der Waals surface area contributed by atoms with Gasteiger partial charge in [-0.15, -0.1) is 0 Å². The van der Waals surface area contributed by atoms with Crippen molar-refractivity contribution in [3.8, 4) is 11.5 Å². The van der Waals surface area contributed by atoms with Gasteiger partial charge in [0.05, 0.1) is 0 Å². The number of nitrogens with zero attached hydrogens (tertiary/aromatic N) is 2. The first kappa shape index (κ1) is 14.0. The van der Waals surface area contributed by atoms with Gasteiger partial charge < -0.3 is 20.1 Å². The van der Waals surface area contributed by atoms with E-state index in [0.717, 1.165) is 0 Å². The molecular formula is C16H12N2O4. The van der Waals surface area contributed by atoms with Crippen LogP contribution in [0, 0.1) is 0 Å². The average Bonchev–Trinajstić information content (AvgIpc) is 3.03. The third-order valence-electron chi connectivity index (χ3n) is 3.35. The van der Waals surface area contributed by atoms with E-state index in [4.69, 9.17) is 15.0 Å². The first-order valence-electron chi connectivity index (χ1n) is 6.60. The average molecular weight is 296 g/mol. The van der Waals surface area contributed by atoms with Crippen molar-refractivity contribution < 1.29 is 24.2 Å². The van der Waals surface area contributed by atoms with E-state index in [2.05, 4.69) is 4.79 Å². The third-order valence-corrected chi connectivity index (χ3v) is 3.35. The summed E-state index contributed by atoms with van der Waals surface area (Å²) in [6, 6.07) is 13.1. The van der Waals surface area contributed by atoms with Gasteiger partial charge in [-0.2, -0.15) is 4.79 Å². The molecule has 6 heteroatoms. The lowest BCUT2D eigenvalue weighted by atomic mass is 9.98. The summed E-state index contributed by atoms with van der Waals surface area (Å²) in [5.41, 5.74) is 9.48. The number of hydrogen-bond acceptors (Lipinski definition) is 4. The molecule has 1 aliphatic heterocycles. The molecule has 0 amide bonds. The molecule has 0 radical (unpaired) electrons. The van der Waals surface area contributed by atoms with Crippen LogP contribution in [0.3, 0.4) is 0 Å². The Balaban J connectivity index is 1.91. The number of carbonyl (C=O) groups excluding carboxylic acids is 1.